The Morgan fingerprint density at radius 3 is 1.96 bits per heavy atom. The van der Waals surface area contributed by atoms with Crippen molar-refractivity contribution in [2.24, 2.45) is 0 Å². The van der Waals surface area contributed by atoms with Crippen LogP contribution in [0.3, 0.4) is 0 Å². The molecule has 1 saturated heterocycles. The number of nitrogen functional groups attached to an aromatic ring is 1. The molecular weight excluding hydrogens is 438 g/mol. The summed E-state index contributed by atoms with van der Waals surface area (Å²) in [6.07, 6.45) is 0. The van der Waals surface area contributed by atoms with Gasteiger partial charge in [0.2, 0.25) is 0 Å². The van der Waals surface area contributed by atoms with Gasteiger partial charge in [0.05, 0.1) is 22.9 Å². The van der Waals surface area contributed by atoms with E-state index in [0.29, 0.717) is 21.1 Å². The zero-order valence-corrected chi connectivity index (χ0v) is 18.3. The summed E-state index contributed by atoms with van der Waals surface area (Å²) in [6.45, 7) is 5.67. The van der Waals surface area contributed by atoms with Gasteiger partial charge >= 0.3 is 0 Å². The number of anilines is 2. The summed E-state index contributed by atoms with van der Waals surface area (Å²) in [5.41, 5.74) is 7.38. The Morgan fingerprint density at radius 2 is 1.67 bits per heavy atom. The predicted octanol–water partition coefficient (Wildman–Crippen LogP) is 2.59. The zero-order valence-electron chi connectivity index (χ0n) is 15.1. The molecule has 0 amide bonds. The lowest BCUT2D eigenvalue weighted by atomic mass is 10.2. The lowest BCUT2D eigenvalue weighted by Crippen LogP contribution is -2.24. The zero-order chi connectivity index (χ0) is 21.4. The fourth-order valence-corrected chi connectivity index (χ4v) is 2.70. The maximum Gasteiger partial charge on any atom is 0.264 e. The molecule has 1 aliphatic rings. The van der Waals surface area contributed by atoms with Crippen molar-refractivity contribution in [3.8, 4) is 0 Å². The molecule has 0 aromatic heterocycles. The van der Waals surface area contributed by atoms with Crippen molar-refractivity contribution in [3.05, 3.63) is 23.2 Å². The second-order valence-corrected chi connectivity index (χ2v) is 10.6. The Balaban J connectivity index is 0.000000470. The predicted molar refractivity (Wildman–Crippen MR) is 112 cm³/mol. The first-order valence-corrected chi connectivity index (χ1v) is 12.2. The molecule has 1 aliphatic heterocycles. The first-order chi connectivity index (χ1) is 12.2. The van der Waals surface area contributed by atoms with Gasteiger partial charge in [0.15, 0.2) is 5.17 Å². The van der Waals surface area contributed by atoms with Crippen molar-refractivity contribution >= 4 is 60.1 Å². The molecule has 156 valence electrons. The smallest absolute Gasteiger partial charge is 0.264 e. The number of nitrogens with zero attached hydrogens (tertiary/aromatic N) is 1. The number of thioether (sulfide) groups is 1. The molecule has 5 N–H and O–H groups in total. The minimum atomic E-state index is -3.66. The van der Waals surface area contributed by atoms with Crippen LogP contribution in [0.5, 0.6) is 0 Å². The highest BCUT2D eigenvalue weighted by Crippen LogP contribution is 2.34. The van der Waals surface area contributed by atoms with Gasteiger partial charge in [-0.2, -0.15) is 16.8 Å². The number of halogens is 1. The van der Waals surface area contributed by atoms with Crippen molar-refractivity contribution in [1.29, 1.82) is 5.41 Å². The Hall–Kier alpha value is -1.05. The quantitative estimate of drug-likeness (QED) is 0.391. The molecule has 0 bridgehead atoms. The topological polar surface area (TPSA) is 162 Å². The van der Waals surface area contributed by atoms with Crippen LogP contribution in [-0.2, 0) is 20.2 Å². The van der Waals surface area contributed by atoms with Crippen molar-refractivity contribution in [3.63, 3.8) is 0 Å². The standard InChI is InChI=1S/C10H12ClN3S.2C2H6O3S/c1-6-5-14(10(13)15-6)9-3-2-7(11)4-8(9)12;2*1-2-6(3,4)5/h2-4,6,13H,5,12H2,1H3;2*2H2,1H3,(H,3,4,5). The molecule has 1 unspecified atom stereocenters. The molecule has 27 heavy (non-hydrogen) atoms. The third-order valence-electron chi connectivity index (χ3n) is 3.01. The molecule has 1 fully saturated rings. The second-order valence-electron chi connectivity index (χ2n) is 5.29. The van der Waals surface area contributed by atoms with Crippen LogP contribution in [0.2, 0.25) is 5.02 Å². The van der Waals surface area contributed by atoms with Gasteiger partial charge in [0.1, 0.15) is 0 Å². The molecule has 0 radical (unpaired) electrons. The van der Waals surface area contributed by atoms with Gasteiger partial charge in [0, 0.05) is 16.8 Å². The van der Waals surface area contributed by atoms with Crippen LogP contribution in [0, 0.1) is 5.41 Å². The minimum absolute atomic E-state index is 0.201. The second kappa shape index (κ2) is 11.1. The van der Waals surface area contributed by atoms with Crippen molar-refractivity contribution < 1.29 is 25.9 Å². The fraction of sp³-hybridized carbons (Fsp3) is 0.500. The van der Waals surface area contributed by atoms with E-state index in [2.05, 4.69) is 6.92 Å². The lowest BCUT2D eigenvalue weighted by molar-refractivity contribution is 0.482. The van der Waals surface area contributed by atoms with E-state index in [1.165, 1.54) is 13.8 Å². The van der Waals surface area contributed by atoms with Crippen LogP contribution < -0.4 is 10.6 Å². The van der Waals surface area contributed by atoms with Gasteiger partial charge in [-0.15, -0.1) is 0 Å². The molecule has 1 aromatic carbocycles. The summed E-state index contributed by atoms with van der Waals surface area (Å²) in [6, 6.07) is 5.39. The van der Waals surface area contributed by atoms with E-state index in [1.54, 1.807) is 23.9 Å². The highest BCUT2D eigenvalue weighted by molar-refractivity contribution is 8.15. The summed E-state index contributed by atoms with van der Waals surface area (Å²) in [5.74, 6) is -0.403. The molecule has 0 aliphatic carbocycles. The summed E-state index contributed by atoms with van der Waals surface area (Å²) < 4.78 is 53.8. The Labute approximate surface area is 169 Å². The van der Waals surface area contributed by atoms with Crippen LogP contribution in [0.4, 0.5) is 11.4 Å². The van der Waals surface area contributed by atoms with Crippen molar-refractivity contribution in [2.45, 2.75) is 26.0 Å². The summed E-state index contributed by atoms with van der Waals surface area (Å²) in [5, 5.41) is 9.44. The Kier molecular flexibility index (Phi) is 10.6. The third kappa shape index (κ3) is 11.4. The Morgan fingerprint density at radius 1 is 1.22 bits per heavy atom. The number of hydrogen-bond acceptors (Lipinski definition) is 7. The minimum Gasteiger partial charge on any atom is -0.397 e. The summed E-state index contributed by atoms with van der Waals surface area (Å²) in [4.78, 5) is 1.92. The Bertz CT molecular complexity index is 814. The van der Waals surface area contributed by atoms with Crippen LogP contribution in [-0.4, -0.2) is 54.4 Å². The van der Waals surface area contributed by atoms with Gasteiger partial charge in [-0.1, -0.05) is 30.3 Å². The molecule has 13 heteroatoms. The number of amidine groups is 1. The largest absolute Gasteiger partial charge is 0.397 e. The van der Waals surface area contributed by atoms with Gasteiger partial charge < -0.3 is 10.6 Å². The van der Waals surface area contributed by atoms with E-state index in [1.807, 2.05) is 11.0 Å². The number of benzene rings is 1. The van der Waals surface area contributed by atoms with E-state index in [-0.39, 0.29) is 11.5 Å². The first-order valence-electron chi connectivity index (χ1n) is 7.68. The molecule has 1 aromatic rings. The van der Waals surface area contributed by atoms with Crippen LogP contribution in [0.1, 0.15) is 20.8 Å². The molecule has 9 nitrogen and oxygen atoms in total. The highest BCUT2D eigenvalue weighted by atomic mass is 35.5. The van der Waals surface area contributed by atoms with E-state index >= 15 is 0 Å². The number of rotatable bonds is 3. The van der Waals surface area contributed by atoms with Crippen LogP contribution >= 0.6 is 23.4 Å². The fourth-order valence-electron chi connectivity index (χ4n) is 1.61. The summed E-state index contributed by atoms with van der Waals surface area (Å²) >= 11 is 7.39. The maximum absolute atomic E-state index is 9.56. The van der Waals surface area contributed by atoms with E-state index in [0.717, 1.165) is 12.2 Å². The number of hydrogen-bond donors (Lipinski definition) is 4. The molecule has 0 saturated carbocycles. The SMILES string of the molecule is CC1CN(c2ccc(Cl)cc2N)C(=N)S1.CCS(=O)(=O)O.CCS(=O)(=O)O. The van der Waals surface area contributed by atoms with Crippen molar-refractivity contribution in [1.82, 2.24) is 0 Å². The summed E-state index contributed by atoms with van der Waals surface area (Å²) in [7, 11) is -7.32. The third-order valence-corrected chi connectivity index (χ3v) is 5.70. The van der Waals surface area contributed by atoms with Gasteiger partial charge in [-0.25, -0.2) is 0 Å². The van der Waals surface area contributed by atoms with E-state index < -0.39 is 20.2 Å². The maximum atomic E-state index is 9.56. The highest BCUT2D eigenvalue weighted by Gasteiger charge is 2.26. The van der Waals surface area contributed by atoms with E-state index in [9.17, 15) is 16.8 Å². The van der Waals surface area contributed by atoms with Crippen LogP contribution in [0.15, 0.2) is 18.2 Å². The monoisotopic (exact) mass is 461 g/mol. The molecule has 2 rings (SSSR count). The number of nitrogens with two attached hydrogens (primary N) is 1. The molecule has 0 spiro atoms. The van der Waals surface area contributed by atoms with E-state index in [4.69, 9.17) is 31.8 Å². The van der Waals surface area contributed by atoms with Gasteiger partial charge in [0.25, 0.3) is 20.2 Å². The number of nitrogens with one attached hydrogen (secondary N) is 1. The normalized spacial score (nSPS) is 16.9. The average molecular weight is 462 g/mol. The van der Waals surface area contributed by atoms with Gasteiger partial charge in [-0.3, -0.25) is 14.5 Å². The van der Waals surface area contributed by atoms with Gasteiger partial charge in [-0.05, 0) is 32.0 Å². The lowest BCUT2D eigenvalue weighted by Gasteiger charge is -2.19. The average Bonchev–Trinajstić information content (AvgIpc) is 2.85. The molecule has 1 atom stereocenters. The molecular formula is C14H24ClN3O6S3. The van der Waals surface area contributed by atoms with Crippen molar-refractivity contribution in [2.75, 3.05) is 28.7 Å². The van der Waals surface area contributed by atoms with Crippen LogP contribution in [0.25, 0.3) is 0 Å². The first kappa shape index (κ1) is 26.0. The molecule has 1 heterocycles.